The molecule has 2 aromatic rings. The SMILES string of the molecule is O=C(NCc1cccnc1)c1ccc(F)cc1C#CCO. The zero-order valence-corrected chi connectivity index (χ0v) is 11.1. The third kappa shape index (κ3) is 4.13. The molecule has 0 radical (unpaired) electrons. The first-order chi connectivity index (χ1) is 10.2. The van der Waals surface area contributed by atoms with E-state index in [0.29, 0.717) is 6.54 Å². The fourth-order valence-electron chi connectivity index (χ4n) is 1.73. The van der Waals surface area contributed by atoms with Gasteiger partial charge in [-0.15, -0.1) is 0 Å². The standard InChI is InChI=1S/C16H13FN2O2/c17-14-5-6-15(13(9-14)4-2-8-20)16(21)19-11-12-3-1-7-18-10-12/h1,3,5-7,9-10,20H,8,11H2,(H,19,21). The van der Waals surface area contributed by atoms with E-state index in [1.807, 2.05) is 6.07 Å². The van der Waals surface area contributed by atoms with Gasteiger partial charge in [0.2, 0.25) is 0 Å². The number of aliphatic hydroxyl groups excluding tert-OH is 1. The van der Waals surface area contributed by atoms with Crippen LogP contribution < -0.4 is 5.32 Å². The van der Waals surface area contributed by atoms with E-state index in [2.05, 4.69) is 22.1 Å². The Balaban J connectivity index is 2.15. The summed E-state index contributed by atoms with van der Waals surface area (Å²) in [6.45, 7) is -0.0375. The quantitative estimate of drug-likeness (QED) is 0.840. The molecule has 4 nitrogen and oxygen atoms in total. The van der Waals surface area contributed by atoms with E-state index in [9.17, 15) is 9.18 Å². The van der Waals surface area contributed by atoms with E-state index in [1.165, 1.54) is 18.2 Å². The number of carbonyl (C=O) groups excluding carboxylic acids is 1. The van der Waals surface area contributed by atoms with Gasteiger partial charge in [-0.2, -0.15) is 0 Å². The number of aliphatic hydroxyl groups is 1. The molecule has 0 aliphatic heterocycles. The molecular formula is C16H13FN2O2. The number of benzene rings is 1. The highest BCUT2D eigenvalue weighted by molar-refractivity contribution is 5.96. The summed E-state index contributed by atoms with van der Waals surface area (Å²) in [5.74, 6) is 4.13. The molecule has 21 heavy (non-hydrogen) atoms. The van der Waals surface area contributed by atoms with Crippen molar-refractivity contribution in [1.29, 1.82) is 0 Å². The zero-order chi connectivity index (χ0) is 15.1. The second kappa shape index (κ2) is 7.17. The van der Waals surface area contributed by atoms with Crippen molar-refractivity contribution in [3.63, 3.8) is 0 Å². The van der Waals surface area contributed by atoms with Crippen LogP contribution in [-0.4, -0.2) is 22.6 Å². The molecule has 0 spiro atoms. The smallest absolute Gasteiger partial charge is 0.252 e. The van der Waals surface area contributed by atoms with Crippen LogP contribution in [0.5, 0.6) is 0 Å². The number of hydrogen-bond donors (Lipinski definition) is 2. The van der Waals surface area contributed by atoms with Crippen LogP contribution in [0, 0.1) is 17.7 Å². The highest BCUT2D eigenvalue weighted by Gasteiger charge is 2.11. The highest BCUT2D eigenvalue weighted by atomic mass is 19.1. The van der Waals surface area contributed by atoms with E-state index >= 15 is 0 Å². The van der Waals surface area contributed by atoms with Crippen molar-refractivity contribution in [2.24, 2.45) is 0 Å². The molecule has 0 unspecified atom stereocenters. The van der Waals surface area contributed by atoms with Gasteiger partial charge in [-0.05, 0) is 29.8 Å². The predicted octanol–water partition coefficient (Wildman–Crippen LogP) is 1.49. The van der Waals surface area contributed by atoms with Crippen molar-refractivity contribution in [3.05, 3.63) is 65.2 Å². The van der Waals surface area contributed by atoms with Crippen LogP contribution in [0.4, 0.5) is 4.39 Å². The molecule has 1 aromatic heterocycles. The molecule has 0 fully saturated rings. The maximum absolute atomic E-state index is 13.2. The predicted molar refractivity (Wildman–Crippen MR) is 75.8 cm³/mol. The van der Waals surface area contributed by atoms with E-state index in [0.717, 1.165) is 5.56 Å². The molecule has 0 saturated carbocycles. The maximum Gasteiger partial charge on any atom is 0.252 e. The Morgan fingerprint density at radius 3 is 2.95 bits per heavy atom. The van der Waals surface area contributed by atoms with Gasteiger partial charge in [-0.1, -0.05) is 17.9 Å². The number of carbonyl (C=O) groups is 1. The first-order valence-corrected chi connectivity index (χ1v) is 6.27. The van der Waals surface area contributed by atoms with Gasteiger partial charge in [-0.25, -0.2) is 4.39 Å². The van der Waals surface area contributed by atoms with Gasteiger partial charge in [-0.3, -0.25) is 9.78 Å². The van der Waals surface area contributed by atoms with Crippen molar-refractivity contribution >= 4 is 5.91 Å². The molecule has 0 saturated heterocycles. The average Bonchev–Trinajstić information content (AvgIpc) is 2.51. The summed E-state index contributed by atoms with van der Waals surface area (Å²) in [5.41, 5.74) is 1.37. The van der Waals surface area contributed by atoms with E-state index in [4.69, 9.17) is 5.11 Å². The van der Waals surface area contributed by atoms with Crippen molar-refractivity contribution in [1.82, 2.24) is 10.3 Å². The molecule has 2 N–H and O–H groups in total. The van der Waals surface area contributed by atoms with Gasteiger partial charge in [0.15, 0.2) is 0 Å². The number of pyridine rings is 1. The maximum atomic E-state index is 13.2. The average molecular weight is 284 g/mol. The first kappa shape index (κ1) is 14.7. The fraction of sp³-hybridized carbons (Fsp3) is 0.125. The normalized spacial score (nSPS) is 9.62. The number of nitrogens with zero attached hydrogens (tertiary/aromatic N) is 1. The summed E-state index contributed by atoms with van der Waals surface area (Å²) in [5, 5.41) is 11.4. The van der Waals surface area contributed by atoms with Crippen molar-refractivity contribution in [2.45, 2.75) is 6.54 Å². The lowest BCUT2D eigenvalue weighted by molar-refractivity contribution is 0.0950. The third-order valence-corrected chi connectivity index (χ3v) is 2.70. The summed E-state index contributed by atoms with van der Waals surface area (Å²) in [6.07, 6.45) is 3.30. The minimum Gasteiger partial charge on any atom is -0.384 e. The van der Waals surface area contributed by atoms with Crippen molar-refractivity contribution in [2.75, 3.05) is 6.61 Å². The van der Waals surface area contributed by atoms with Crippen LogP contribution in [0.3, 0.4) is 0 Å². The lowest BCUT2D eigenvalue weighted by Crippen LogP contribution is -2.23. The van der Waals surface area contributed by atoms with E-state index in [-0.39, 0.29) is 23.6 Å². The number of amides is 1. The molecule has 1 heterocycles. The number of hydrogen-bond acceptors (Lipinski definition) is 3. The minimum atomic E-state index is -0.485. The van der Waals surface area contributed by atoms with E-state index < -0.39 is 5.82 Å². The topological polar surface area (TPSA) is 62.2 Å². The van der Waals surface area contributed by atoms with Crippen LogP contribution in [0.15, 0.2) is 42.7 Å². The molecule has 106 valence electrons. The Morgan fingerprint density at radius 1 is 1.38 bits per heavy atom. The van der Waals surface area contributed by atoms with Crippen LogP contribution in [0.25, 0.3) is 0 Å². The minimum absolute atomic E-state index is 0.243. The first-order valence-electron chi connectivity index (χ1n) is 6.27. The largest absolute Gasteiger partial charge is 0.384 e. The van der Waals surface area contributed by atoms with Crippen LogP contribution in [0.2, 0.25) is 0 Å². The van der Waals surface area contributed by atoms with Gasteiger partial charge in [0.25, 0.3) is 5.91 Å². The summed E-state index contributed by atoms with van der Waals surface area (Å²) in [4.78, 5) is 16.1. The molecular weight excluding hydrogens is 271 g/mol. The molecule has 1 amide bonds. The van der Waals surface area contributed by atoms with Crippen molar-refractivity contribution in [3.8, 4) is 11.8 Å². The zero-order valence-electron chi connectivity index (χ0n) is 11.1. The van der Waals surface area contributed by atoms with Gasteiger partial charge in [0.1, 0.15) is 12.4 Å². The van der Waals surface area contributed by atoms with Crippen LogP contribution >= 0.6 is 0 Å². The fourth-order valence-corrected chi connectivity index (χ4v) is 1.73. The monoisotopic (exact) mass is 284 g/mol. The van der Waals surface area contributed by atoms with Gasteiger partial charge in [0, 0.05) is 24.5 Å². The number of halogens is 1. The highest BCUT2D eigenvalue weighted by Crippen LogP contribution is 2.10. The summed E-state index contributed by atoms with van der Waals surface area (Å²) >= 11 is 0. The Bertz CT molecular complexity index is 690. The molecule has 0 atom stereocenters. The Labute approximate surface area is 121 Å². The number of nitrogens with one attached hydrogen (secondary N) is 1. The third-order valence-electron chi connectivity index (χ3n) is 2.70. The Hall–Kier alpha value is -2.71. The van der Waals surface area contributed by atoms with Gasteiger partial charge < -0.3 is 10.4 Å². The molecule has 1 aromatic carbocycles. The second-order valence-electron chi connectivity index (χ2n) is 4.19. The molecule has 2 rings (SSSR count). The second-order valence-corrected chi connectivity index (χ2v) is 4.19. The summed E-state index contributed by atoms with van der Waals surface area (Å²) in [6, 6.07) is 7.35. The summed E-state index contributed by atoms with van der Waals surface area (Å²) in [7, 11) is 0. The molecule has 0 aliphatic carbocycles. The molecule has 0 aliphatic rings. The Kier molecular flexibility index (Phi) is 5.02. The van der Waals surface area contributed by atoms with Crippen molar-refractivity contribution < 1.29 is 14.3 Å². The molecule has 0 bridgehead atoms. The number of aromatic nitrogens is 1. The van der Waals surface area contributed by atoms with Gasteiger partial charge >= 0.3 is 0 Å². The lowest BCUT2D eigenvalue weighted by Gasteiger charge is -2.07. The Morgan fingerprint density at radius 2 is 2.24 bits per heavy atom. The number of rotatable bonds is 3. The van der Waals surface area contributed by atoms with Crippen LogP contribution in [-0.2, 0) is 6.54 Å². The van der Waals surface area contributed by atoms with Gasteiger partial charge in [0.05, 0.1) is 5.56 Å². The lowest BCUT2D eigenvalue weighted by atomic mass is 10.1. The summed E-state index contributed by atoms with van der Waals surface area (Å²) < 4.78 is 13.2. The van der Waals surface area contributed by atoms with E-state index in [1.54, 1.807) is 18.5 Å². The molecule has 5 heteroatoms. The van der Waals surface area contributed by atoms with Crippen LogP contribution in [0.1, 0.15) is 21.5 Å².